The highest BCUT2D eigenvalue weighted by atomic mass is 32.2. The number of nitrogens with zero attached hydrogens (tertiary/aromatic N) is 2. The summed E-state index contributed by atoms with van der Waals surface area (Å²) in [6.45, 7) is 3.33. The Hall–Kier alpha value is -1.97. The van der Waals surface area contributed by atoms with Gasteiger partial charge in [0.15, 0.2) is 5.96 Å². The molecule has 1 heterocycles. The highest BCUT2D eigenvalue weighted by molar-refractivity contribution is 7.89. The first-order chi connectivity index (χ1) is 12.5. The predicted octanol–water partition coefficient (Wildman–Crippen LogP) is 1.52. The normalized spacial score (nSPS) is 12.2. The van der Waals surface area contributed by atoms with E-state index in [1.807, 2.05) is 12.3 Å². The molecule has 142 valence electrons. The van der Waals surface area contributed by atoms with Crippen LogP contribution in [0, 0.1) is 0 Å². The quantitative estimate of drug-likeness (QED) is 0.465. The number of sulfonamides is 1. The Balaban J connectivity index is 1.86. The number of aromatic nitrogens is 1. The summed E-state index contributed by atoms with van der Waals surface area (Å²) in [5, 5.41) is 7.54. The van der Waals surface area contributed by atoms with Crippen LogP contribution in [0.5, 0.6) is 0 Å². The highest BCUT2D eigenvalue weighted by Crippen LogP contribution is 2.13. The third kappa shape index (κ3) is 5.79. The number of benzene rings is 1. The molecule has 0 spiro atoms. The molecule has 0 atom stereocenters. The molecule has 0 amide bonds. The first-order valence-electron chi connectivity index (χ1n) is 8.39. The monoisotopic (exact) mass is 395 g/mol. The number of aliphatic imine (C=N–C) groups is 1. The molecule has 9 heteroatoms. The molecule has 1 aromatic heterocycles. The van der Waals surface area contributed by atoms with Crippen molar-refractivity contribution >= 4 is 27.3 Å². The van der Waals surface area contributed by atoms with E-state index in [0.717, 1.165) is 30.0 Å². The second-order valence-corrected chi connectivity index (χ2v) is 8.62. The molecule has 2 aromatic rings. The van der Waals surface area contributed by atoms with Crippen molar-refractivity contribution in [3.63, 3.8) is 0 Å². The van der Waals surface area contributed by atoms with E-state index < -0.39 is 10.0 Å². The zero-order valence-electron chi connectivity index (χ0n) is 15.2. The summed E-state index contributed by atoms with van der Waals surface area (Å²) < 4.78 is 26.1. The van der Waals surface area contributed by atoms with Gasteiger partial charge >= 0.3 is 0 Å². The van der Waals surface area contributed by atoms with E-state index >= 15 is 0 Å². The molecule has 0 fully saturated rings. The Morgan fingerprint density at radius 3 is 2.77 bits per heavy atom. The highest BCUT2D eigenvalue weighted by Gasteiger charge is 2.11. The summed E-state index contributed by atoms with van der Waals surface area (Å²) in [4.78, 5) is 10.1. The summed E-state index contributed by atoms with van der Waals surface area (Å²) in [7, 11) is -0.334. The maximum Gasteiger partial charge on any atom is 0.240 e. The van der Waals surface area contributed by atoms with Crippen molar-refractivity contribution in [1.82, 2.24) is 20.3 Å². The maximum absolute atomic E-state index is 11.9. The van der Waals surface area contributed by atoms with Gasteiger partial charge in [0.05, 0.1) is 9.90 Å². The third-order valence-corrected chi connectivity index (χ3v) is 6.36. The Kier molecular flexibility index (Phi) is 7.55. The van der Waals surface area contributed by atoms with Crippen LogP contribution in [0.1, 0.15) is 22.4 Å². The fourth-order valence-electron chi connectivity index (χ4n) is 2.26. The Morgan fingerprint density at radius 2 is 2.12 bits per heavy atom. The standard InChI is InChI=1S/C17H25N5O2S2/c1-4-14-12-21-16(25-14)8-9-20-17(18-2)22-11-13-6-5-7-15(10-13)26(23,24)19-3/h5-7,10,12,19H,4,8-9,11H2,1-3H3,(H2,18,20,22). The predicted molar refractivity (Wildman–Crippen MR) is 106 cm³/mol. The van der Waals surface area contributed by atoms with Gasteiger partial charge in [-0.15, -0.1) is 11.3 Å². The van der Waals surface area contributed by atoms with E-state index in [0.29, 0.717) is 12.5 Å². The summed E-state index contributed by atoms with van der Waals surface area (Å²) >= 11 is 1.73. The van der Waals surface area contributed by atoms with Crippen LogP contribution in [-0.4, -0.2) is 40.0 Å². The molecule has 3 N–H and O–H groups in total. The van der Waals surface area contributed by atoms with Crippen molar-refractivity contribution in [3.8, 4) is 0 Å². The molecule has 1 aromatic carbocycles. The van der Waals surface area contributed by atoms with E-state index in [9.17, 15) is 8.42 Å². The van der Waals surface area contributed by atoms with E-state index in [1.165, 1.54) is 11.9 Å². The van der Waals surface area contributed by atoms with Gasteiger partial charge in [0.1, 0.15) is 0 Å². The molecule has 0 aliphatic carbocycles. The van der Waals surface area contributed by atoms with Gasteiger partial charge in [0.2, 0.25) is 10.0 Å². The number of hydrogen-bond acceptors (Lipinski definition) is 5. The Labute approximate surface area is 159 Å². The van der Waals surface area contributed by atoms with E-state index in [2.05, 4.69) is 32.3 Å². The first kappa shape index (κ1) is 20.3. The molecule has 7 nitrogen and oxygen atoms in total. The number of hydrogen-bond donors (Lipinski definition) is 3. The number of thiazole rings is 1. The second kappa shape index (κ2) is 9.65. The van der Waals surface area contributed by atoms with Gasteiger partial charge in [-0.25, -0.2) is 18.1 Å². The minimum absolute atomic E-state index is 0.248. The molecule has 0 saturated heterocycles. The van der Waals surface area contributed by atoms with Crippen LogP contribution in [-0.2, 0) is 29.4 Å². The minimum Gasteiger partial charge on any atom is -0.356 e. The lowest BCUT2D eigenvalue weighted by molar-refractivity contribution is 0.588. The van der Waals surface area contributed by atoms with Crippen molar-refractivity contribution in [2.75, 3.05) is 20.6 Å². The maximum atomic E-state index is 11.9. The molecule has 2 rings (SSSR count). The van der Waals surface area contributed by atoms with E-state index in [1.54, 1.807) is 36.6 Å². The molecular formula is C17H25N5O2S2. The SMILES string of the molecule is CCc1cnc(CCNC(=NC)NCc2cccc(S(=O)(=O)NC)c2)s1. The van der Waals surface area contributed by atoms with Gasteiger partial charge in [-0.3, -0.25) is 4.99 Å². The molecule has 0 saturated carbocycles. The molecular weight excluding hydrogens is 370 g/mol. The van der Waals surface area contributed by atoms with Crippen LogP contribution in [0.15, 0.2) is 40.4 Å². The molecule has 0 bridgehead atoms. The van der Waals surface area contributed by atoms with Gasteiger partial charge < -0.3 is 10.6 Å². The topological polar surface area (TPSA) is 95.5 Å². The smallest absolute Gasteiger partial charge is 0.240 e. The number of nitrogens with one attached hydrogen (secondary N) is 3. The van der Waals surface area contributed by atoms with Crippen molar-refractivity contribution in [3.05, 3.63) is 45.9 Å². The van der Waals surface area contributed by atoms with E-state index in [-0.39, 0.29) is 4.90 Å². The lowest BCUT2D eigenvalue weighted by Gasteiger charge is -2.12. The number of aryl methyl sites for hydroxylation is 1. The lowest BCUT2D eigenvalue weighted by atomic mass is 10.2. The van der Waals surface area contributed by atoms with Crippen molar-refractivity contribution < 1.29 is 8.42 Å². The zero-order chi connectivity index (χ0) is 19.0. The fraction of sp³-hybridized carbons (Fsp3) is 0.412. The summed E-state index contributed by atoms with van der Waals surface area (Å²) in [5.74, 6) is 0.666. The van der Waals surface area contributed by atoms with Crippen LogP contribution in [0.4, 0.5) is 0 Å². The molecule has 0 unspecified atom stereocenters. The van der Waals surface area contributed by atoms with Crippen LogP contribution >= 0.6 is 11.3 Å². The van der Waals surface area contributed by atoms with E-state index in [4.69, 9.17) is 0 Å². The molecule has 26 heavy (non-hydrogen) atoms. The van der Waals surface area contributed by atoms with Crippen LogP contribution in [0.3, 0.4) is 0 Å². The van der Waals surface area contributed by atoms with Gasteiger partial charge in [-0.2, -0.15) is 0 Å². The van der Waals surface area contributed by atoms with Crippen LogP contribution in [0.25, 0.3) is 0 Å². The van der Waals surface area contributed by atoms with Crippen LogP contribution < -0.4 is 15.4 Å². The number of rotatable bonds is 8. The summed E-state index contributed by atoms with van der Waals surface area (Å²) in [5.41, 5.74) is 0.858. The molecule has 0 aliphatic heterocycles. The largest absolute Gasteiger partial charge is 0.356 e. The average molecular weight is 396 g/mol. The summed E-state index contributed by atoms with van der Waals surface area (Å²) in [6.07, 6.45) is 3.77. The summed E-state index contributed by atoms with van der Waals surface area (Å²) in [6, 6.07) is 6.82. The van der Waals surface area contributed by atoms with Gasteiger partial charge in [-0.1, -0.05) is 19.1 Å². The first-order valence-corrected chi connectivity index (χ1v) is 10.7. The number of guanidine groups is 1. The second-order valence-electron chi connectivity index (χ2n) is 5.53. The average Bonchev–Trinajstić information content (AvgIpc) is 3.12. The molecule has 0 radical (unpaired) electrons. The minimum atomic E-state index is -3.44. The van der Waals surface area contributed by atoms with Gasteiger partial charge in [0.25, 0.3) is 0 Å². The molecule has 0 aliphatic rings. The lowest BCUT2D eigenvalue weighted by Crippen LogP contribution is -2.37. The van der Waals surface area contributed by atoms with Crippen molar-refractivity contribution in [2.24, 2.45) is 4.99 Å². The van der Waals surface area contributed by atoms with Gasteiger partial charge in [0, 0.05) is 37.6 Å². The van der Waals surface area contributed by atoms with Crippen molar-refractivity contribution in [2.45, 2.75) is 31.2 Å². The fourth-order valence-corrected chi connectivity index (χ4v) is 3.92. The van der Waals surface area contributed by atoms with Gasteiger partial charge in [-0.05, 0) is 31.2 Å². The Morgan fingerprint density at radius 1 is 1.31 bits per heavy atom. The zero-order valence-corrected chi connectivity index (χ0v) is 16.9. The third-order valence-electron chi connectivity index (χ3n) is 3.74. The van der Waals surface area contributed by atoms with Crippen LogP contribution in [0.2, 0.25) is 0 Å². The Bertz CT molecular complexity index is 846. The van der Waals surface area contributed by atoms with Crippen molar-refractivity contribution in [1.29, 1.82) is 0 Å².